The summed E-state index contributed by atoms with van der Waals surface area (Å²) in [5.74, 6) is -2.95. The summed E-state index contributed by atoms with van der Waals surface area (Å²) in [5.41, 5.74) is 1.02. The number of carbonyl (C=O) groups is 3. The Morgan fingerprint density at radius 3 is 2.57 bits per heavy atom. The molecule has 0 radical (unpaired) electrons. The molecule has 1 aromatic rings. The van der Waals surface area contributed by atoms with E-state index in [-0.39, 0.29) is 0 Å². The largest absolute Gasteiger partial charge is 0.481 e. The van der Waals surface area contributed by atoms with Crippen molar-refractivity contribution in [3.05, 3.63) is 29.8 Å². The number of aliphatic carboxylic acids is 2. The topological polar surface area (TPSA) is 94.9 Å². The molecule has 0 amide bonds. The van der Waals surface area contributed by atoms with E-state index in [1.807, 2.05) is 0 Å². The molecule has 0 spiro atoms. The number of para-hydroxylation sites is 1. The van der Waals surface area contributed by atoms with E-state index in [1.54, 1.807) is 36.1 Å². The highest BCUT2D eigenvalue weighted by atomic mass is 16.4. The smallest absolute Gasteiger partial charge is 0.334 e. The molecule has 0 saturated heterocycles. The van der Waals surface area contributed by atoms with Gasteiger partial charge in [0.2, 0.25) is 0 Å². The van der Waals surface area contributed by atoms with Crippen LogP contribution in [0.5, 0.6) is 0 Å². The maximum atomic E-state index is 12.1. The van der Waals surface area contributed by atoms with E-state index < -0.39 is 29.7 Å². The van der Waals surface area contributed by atoms with Crippen LogP contribution in [0.3, 0.4) is 0 Å². The molecule has 1 aromatic carbocycles. The zero-order valence-electron chi connectivity index (χ0n) is 11.7. The van der Waals surface area contributed by atoms with Gasteiger partial charge < -0.3 is 15.1 Å². The van der Waals surface area contributed by atoms with Crippen LogP contribution in [-0.2, 0) is 9.59 Å². The lowest BCUT2D eigenvalue weighted by Crippen LogP contribution is -2.42. The molecule has 1 aliphatic rings. The highest BCUT2D eigenvalue weighted by Gasteiger charge is 2.41. The van der Waals surface area contributed by atoms with Gasteiger partial charge in [-0.3, -0.25) is 9.59 Å². The number of ketones is 1. The third kappa shape index (κ3) is 2.89. The van der Waals surface area contributed by atoms with Gasteiger partial charge in [-0.1, -0.05) is 19.1 Å². The number of benzene rings is 1. The van der Waals surface area contributed by atoms with Crippen LogP contribution in [0.1, 0.15) is 30.1 Å². The first kappa shape index (κ1) is 15.0. The highest BCUT2D eigenvalue weighted by molar-refractivity contribution is 6.20. The summed E-state index contributed by atoms with van der Waals surface area (Å²) < 4.78 is 0. The standard InChI is InChI=1S/C15H17NO5/c1-9(14(18)19)5-4-8-16-11-7-3-2-6-10(11)13(17)12(16)15(20)21/h2-3,6-7,9,12H,4-5,8H2,1H3,(H,18,19)(H,20,21)/t9-,12+/m1/s1. The predicted octanol–water partition coefficient (Wildman–Crippen LogP) is 1.64. The molecule has 2 rings (SSSR count). The molecule has 0 unspecified atom stereocenters. The van der Waals surface area contributed by atoms with Gasteiger partial charge in [-0.15, -0.1) is 0 Å². The van der Waals surface area contributed by atoms with Crippen molar-refractivity contribution in [2.24, 2.45) is 5.92 Å². The maximum Gasteiger partial charge on any atom is 0.334 e. The zero-order chi connectivity index (χ0) is 15.6. The van der Waals surface area contributed by atoms with Gasteiger partial charge in [-0.2, -0.15) is 0 Å². The van der Waals surface area contributed by atoms with Gasteiger partial charge >= 0.3 is 11.9 Å². The number of carbonyl (C=O) groups excluding carboxylic acids is 1. The lowest BCUT2D eigenvalue weighted by molar-refractivity contribution is -0.141. The minimum absolute atomic E-state index is 0.345. The van der Waals surface area contributed by atoms with Crippen molar-refractivity contribution in [3.63, 3.8) is 0 Å². The molecule has 6 nitrogen and oxygen atoms in total. The number of carboxylic acid groups (broad SMARTS) is 2. The average molecular weight is 291 g/mol. The number of nitrogens with zero attached hydrogens (tertiary/aromatic N) is 1. The summed E-state index contributed by atoms with van der Waals surface area (Å²) in [6.07, 6.45) is 0.952. The number of Topliss-reactive ketones (excluding diaryl/α,β-unsaturated/α-hetero) is 1. The highest BCUT2D eigenvalue weighted by Crippen LogP contribution is 2.32. The van der Waals surface area contributed by atoms with E-state index >= 15 is 0 Å². The second-order valence-electron chi connectivity index (χ2n) is 5.20. The summed E-state index contributed by atoms with van der Waals surface area (Å²) in [4.78, 5) is 35.8. The Hall–Kier alpha value is -2.37. The molecule has 1 heterocycles. The van der Waals surface area contributed by atoms with E-state index in [4.69, 9.17) is 5.11 Å². The Morgan fingerprint density at radius 2 is 1.95 bits per heavy atom. The number of anilines is 1. The van der Waals surface area contributed by atoms with Crippen LogP contribution in [0.4, 0.5) is 5.69 Å². The normalized spacial score (nSPS) is 18.4. The summed E-state index contributed by atoms with van der Waals surface area (Å²) in [7, 11) is 0. The Balaban J connectivity index is 2.14. The van der Waals surface area contributed by atoms with Crippen LogP contribution in [0, 0.1) is 5.92 Å². The van der Waals surface area contributed by atoms with E-state index in [0.29, 0.717) is 30.6 Å². The predicted molar refractivity (Wildman–Crippen MR) is 75.6 cm³/mol. The second-order valence-corrected chi connectivity index (χ2v) is 5.20. The van der Waals surface area contributed by atoms with Crippen molar-refractivity contribution < 1.29 is 24.6 Å². The van der Waals surface area contributed by atoms with Crippen LogP contribution in [0.15, 0.2) is 24.3 Å². The number of carboxylic acids is 2. The van der Waals surface area contributed by atoms with Crippen LogP contribution >= 0.6 is 0 Å². The van der Waals surface area contributed by atoms with Crippen molar-refractivity contribution in [1.29, 1.82) is 0 Å². The third-order valence-electron chi connectivity index (χ3n) is 3.73. The fourth-order valence-corrected chi connectivity index (χ4v) is 2.55. The van der Waals surface area contributed by atoms with Gasteiger partial charge in [0.25, 0.3) is 0 Å². The van der Waals surface area contributed by atoms with Crippen LogP contribution in [0.25, 0.3) is 0 Å². The lowest BCUT2D eigenvalue weighted by atomic mass is 10.1. The SMILES string of the molecule is C[C@H](CCCN1c2ccccc2C(=O)[C@H]1C(=O)O)C(=O)O. The molecule has 2 N–H and O–H groups in total. The fraction of sp³-hybridized carbons (Fsp3) is 0.400. The second kappa shape index (κ2) is 5.95. The number of hydrogen-bond donors (Lipinski definition) is 2. The van der Waals surface area contributed by atoms with Gasteiger partial charge in [0.1, 0.15) is 0 Å². The van der Waals surface area contributed by atoms with Gasteiger partial charge in [0.15, 0.2) is 11.8 Å². The zero-order valence-corrected chi connectivity index (χ0v) is 11.7. The monoisotopic (exact) mass is 291 g/mol. The first-order valence-electron chi connectivity index (χ1n) is 6.79. The maximum absolute atomic E-state index is 12.1. The summed E-state index contributed by atoms with van der Waals surface area (Å²) in [6.45, 7) is 1.96. The lowest BCUT2D eigenvalue weighted by Gasteiger charge is -2.23. The molecule has 1 aliphatic heterocycles. The minimum Gasteiger partial charge on any atom is -0.481 e. The van der Waals surface area contributed by atoms with Crippen molar-refractivity contribution in [3.8, 4) is 0 Å². The first-order valence-corrected chi connectivity index (χ1v) is 6.79. The molecule has 0 aliphatic carbocycles. The van der Waals surface area contributed by atoms with E-state index in [2.05, 4.69) is 0 Å². The van der Waals surface area contributed by atoms with Gasteiger partial charge in [-0.25, -0.2) is 4.79 Å². The quantitative estimate of drug-likeness (QED) is 0.774. The van der Waals surface area contributed by atoms with Crippen LogP contribution < -0.4 is 4.90 Å². The van der Waals surface area contributed by atoms with Gasteiger partial charge in [0, 0.05) is 17.8 Å². The molecule has 0 bridgehead atoms. The van der Waals surface area contributed by atoms with E-state index in [0.717, 1.165) is 0 Å². The van der Waals surface area contributed by atoms with Crippen molar-refractivity contribution in [2.75, 3.05) is 11.4 Å². The molecule has 2 atom stereocenters. The Labute approximate surface area is 122 Å². The fourth-order valence-electron chi connectivity index (χ4n) is 2.55. The van der Waals surface area contributed by atoms with E-state index in [1.165, 1.54) is 0 Å². The van der Waals surface area contributed by atoms with Crippen molar-refractivity contribution >= 4 is 23.4 Å². The van der Waals surface area contributed by atoms with Crippen LogP contribution in [-0.4, -0.2) is 40.5 Å². The summed E-state index contributed by atoms with van der Waals surface area (Å²) >= 11 is 0. The molecule has 0 fully saturated rings. The molecular formula is C15H17NO5. The average Bonchev–Trinajstić information content (AvgIpc) is 2.72. The van der Waals surface area contributed by atoms with Gasteiger partial charge in [-0.05, 0) is 25.0 Å². The summed E-state index contributed by atoms with van der Waals surface area (Å²) in [6, 6.07) is 5.58. The summed E-state index contributed by atoms with van der Waals surface area (Å²) in [5, 5.41) is 18.1. The Bertz CT molecular complexity index is 583. The Kier molecular flexibility index (Phi) is 4.26. The number of rotatable bonds is 6. The molecule has 21 heavy (non-hydrogen) atoms. The van der Waals surface area contributed by atoms with Gasteiger partial charge in [0.05, 0.1) is 5.92 Å². The number of fused-ring (bicyclic) bond motifs is 1. The first-order chi connectivity index (χ1) is 9.93. The third-order valence-corrected chi connectivity index (χ3v) is 3.73. The molecule has 112 valence electrons. The molecular weight excluding hydrogens is 274 g/mol. The molecule has 0 saturated carbocycles. The Morgan fingerprint density at radius 1 is 1.29 bits per heavy atom. The molecule has 6 heteroatoms. The van der Waals surface area contributed by atoms with Crippen molar-refractivity contribution in [1.82, 2.24) is 0 Å². The minimum atomic E-state index is -1.21. The van der Waals surface area contributed by atoms with Crippen molar-refractivity contribution in [2.45, 2.75) is 25.8 Å². The van der Waals surface area contributed by atoms with Crippen LogP contribution in [0.2, 0.25) is 0 Å². The van der Waals surface area contributed by atoms with E-state index in [9.17, 15) is 19.5 Å². The molecule has 0 aromatic heterocycles. The number of hydrogen-bond acceptors (Lipinski definition) is 4.